The number of aryl methyl sites for hydroxylation is 1. The predicted molar refractivity (Wildman–Crippen MR) is 99.2 cm³/mol. The number of carbonyl (C=O) groups is 1. The van der Waals surface area contributed by atoms with E-state index in [1.54, 1.807) is 9.13 Å². The van der Waals surface area contributed by atoms with Crippen LogP contribution in [-0.2, 0) is 13.0 Å². The molecule has 0 aliphatic carbocycles. The van der Waals surface area contributed by atoms with E-state index in [9.17, 15) is 9.59 Å². The standard InChI is InChI=1S/C19H24N4O2/c1-12-13(2)22(19(25)21-12)11-9-18(24)23-14(3)15(8-10-20)16-6-4-5-7-17(16)23/h4-7H,8-11,20H2,1-3H3,(H,21,25). The Kier molecular flexibility index (Phi) is 4.63. The first-order valence-corrected chi connectivity index (χ1v) is 8.54. The van der Waals surface area contributed by atoms with Crippen molar-refractivity contribution in [2.24, 2.45) is 5.73 Å². The fraction of sp³-hybridized carbons (Fsp3) is 0.368. The zero-order valence-corrected chi connectivity index (χ0v) is 14.9. The minimum absolute atomic E-state index is 0.0119. The van der Waals surface area contributed by atoms with Gasteiger partial charge in [0.1, 0.15) is 0 Å². The molecule has 6 nitrogen and oxygen atoms in total. The quantitative estimate of drug-likeness (QED) is 0.747. The number of benzene rings is 1. The molecule has 3 N–H and O–H groups in total. The van der Waals surface area contributed by atoms with E-state index in [0.29, 0.717) is 13.1 Å². The van der Waals surface area contributed by atoms with Crippen molar-refractivity contribution in [1.82, 2.24) is 14.1 Å². The molecule has 2 aromatic heterocycles. The van der Waals surface area contributed by atoms with E-state index >= 15 is 0 Å². The summed E-state index contributed by atoms with van der Waals surface area (Å²) >= 11 is 0. The summed E-state index contributed by atoms with van der Waals surface area (Å²) in [5, 5.41) is 1.07. The number of hydrogen-bond acceptors (Lipinski definition) is 3. The minimum atomic E-state index is -0.166. The molecule has 2 heterocycles. The van der Waals surface area contributed by atoms with E-state index in [1.807, 2.05) is 45.0 Å². The molecule has 0 atom stereocenters. The molecule has 0 radical (unpaired) electrons. The molecule has 0 aliphatic rings. The molecule has 0 spiro atoms. The summed E-state index contributed by atoms with van der Waals surface area (Å²) in [5.41, 5.74) is 10.2. The molecule has 3 rings (SSSR count). The lowest BCUT2D eigenvalue weighted by Crippen LogP contribution is -2.22. The summed E-state index contributed by atoms with van der Waals surface area (Å²) in [6, 6.07) is 7.89. The van der Waals surface area contributed by atoms with E-state index in [-0.39, 0.29) is 18.0 Å². The van der Waals surface area contributed by atoms with Gasteiger partial charge < -0.3 is 10.7 Å². The number of para-hydroxylation sites is 1. The first-order chi connectivity index (χ1) is 12.0. The van der Waals surface area contributed by atoms with Crippen LogP contribution in [0, 0.1) is 20.8 Å². The average molecular weight is 340 g/mol. The minimum Gasteiger partial charge on any atom is -0.330 e. The lowest BCUT2D eigenvalue weighted by atomic mass is 10.1. The Balaban J connectivity index is 1.95. The monoisotopic (exact) mass is 340 g/mol. The number of aromatic amines is 1. The maximum atomic E-state index is 12.9. The van der Waals surface area contributed by atoms with Crippen LogP contribution in [0.4, 0.5) is 0 Å². The topological polar surface area (TPSA) is 85.8 Å². The van der Waals surface area contributed by atoms with Crippen molar-refractivity contribution < 1.29 is 4.79 Å². The van der Waals surface area contributed by atoms with E-state index in [2.05, 4.69) is 4.98 Å². The zero-order valence-electron chi connectivity index (χ0n) is 14.9. The highest BCUT2D eigenvalue weighted by Gasteiger charge is 2.18. The highest BCUT2D eigenvalue weighted by molar-refractivity contribution is 5.96. The first kappa shape index (κ1) is 17.2. The van der Waals surface area contributed by atoms with Gasteiger partial charge in [0.2, 0.25) is 5.91 Å². The number of rotatable bonds is 5. The maximum absolute atomic E-state index is 12.9. The molecule has 0 amide bonds. The molecule has 0 saturated heterocycles. The SMILES string of the molecule is Cc1[nH]c(=O)n(CCC(=O)n2c(C)c(CCN)c3ccccc32)c1C. The third-order valence-electron chi connectivity index (χ3n) is 4.92. The Morgan fingerprint density at radius 2 is 1.88 bits per heavy atom. The second-order valence-electron chi connectivity index (χ2n) is 6.39. The average Bonchev–Trinajstić information content (AvgIpc) is 3.00. The van der Waals surface area contributed by atoms with Crippen LogP contribution in [0.1, 0.15) is 33.9 Å². The van der Waals surface area contributed by atoms with Gasteiger partial charge in [0, 0.05) is 35.4 Å². The van der Waals surface area contributed by atoms with Gasteiger partial charge in [0.05, 0.1) is 5.52 Å². The van der Waals surface area contributed by atoms with Gasteiger partial charge in [-0.25, -0.2) is 4.79 Å². The number of H-pyrrole nitrogens is 1. The van der Waals surface area contributed by atoms with E-state index in [0.717, 1.165) is 40.0 Å². The maximum Gasteiger partial charge on any atom is 0.325 e. The zero-order chi connectivity index (χ0) is 18.1. The number of aromatic nitrogens is 3. The summed E-state index contributed by atoms with van der Waals surface area (Å²) < 4.78 is 3.38. The first-order valence-electron chi connectivity index (χ1n) is 8.54. The second-order valence-corrected chi connectivity index (χ2v) is 6.39. The number of fused-ring (bicyclic) bond motifs is 1. The lowest BCUT2D eigenvalue weighted by molar-refractivity contribution is 0.0899. The Bertz CT molecular complexity index is 991. The van der Waals surface area contributed by atoms with E-state index < -0.39 is 0 Å². The Morgan fingerprint density at radius 1 is 1.16 bits per heavy atom. The Labute approximate surface area is 146 Å². The number of nitrogens with one attached hydrogen (secondary N) is 1. The summed E-state index contributed by atoms with van der Waals surface area (Å²) in [6.45, 7) is 6.61. The Hall–Kier alpha value is -2.60. The van der Waals surface area contributed by atoms with E-state index in [4.69, 9.17) is 5.73 Å². The predicted octanol–water partition coefficient (Wildman–Crippen LogP) is 2.29. The third kappa shape index (κ3) is 2.93. The van der Waals surface area contributed by atoms with Crippen molar-refractivity contribution >= 4 is 16.8 Å². The van der Waals surface area contributed by atoms with Crippen LogP contribution in [-0.4, -0.2) is 26.6 Å². The molecular formula is C19H24N4O2. The number of nitrogens with two attached hydrogens (primary N) is 1. The number of carbonyl (C=O) groups excluding carboxylic acids is 1. The van der Waals surface area contributed by atoms with Crippen molar-refractivity contribution in [3.8, 4) is 0 Å². The molecule has 6 heteroatoms. The fourth-order valence-corrected chi connectivity index (χ4v) is 3.48. The normalized spacial score (nSPS) is 11.4. The van der Waals surface area contributed by atoms with Gasteiger partial charge in [-0.2, -0.15) is 0 Å². The summed E-state index contributed by atoms with van der Waals surface area (Å²) in [4.78, 5) is 27.6. The van der Waals surface area contributed by atoms with Crippen LogP contribution in [0.25, 0.3) is 10.9 Å². The van der Waals surface area contributed by atoms with Gasteiger partial charge in [-0.05, 0) is 45.4 Å². The van der Waals surface area contributed by atoms with Crippen LogP contribution in [0.2, 0.25) is 0 Å². The molecule has 0 saturated carbocycles. The van der Waals surface area contributed by atoms with Gasteiger partial charge in [0.15, 0.2) is 0 Å². The highest BCUT2D eigenvalue weighted by Crippen LogP contribution is 2.26. The van der Waals surface area contributed by atoms with E-state index in [1.165, 1.54) is 0 Å². The van der Waals surface area contributed by atoms with Crippen molar-refractivity contribution in [3.63, 3.8) is 0 Å². The summed E-state index contributed by atoms with van der Waals surface area (Å²) in [7, 11) is 0. The Morgan fingerprint density at radius 3 is 2.52 bits per heavy atom. The summed E-state index contributed by atoms with van der Waals surface area (Å²) in [5.74, 6) is -0.0119. The second kappa shape index (κ2) is 6.72. The highest BCUT2D eigenvalue weighted by atomic mass is 16.2. The molecule has 0 aliphatic heterocycles. The molecule has 1 aromatic carbocycles. The number of hydrogen-bond donors (Lipinski definition) is 2. The molecule has 132 valence electrons. The third-order valence-corrected chi connectivity index (χ3v) is 4.92. The van der Waals surface area contributed by atoms with Gasteiger partial charge in [0.25, 0.3) is 0 Å². The number of imidazole rings is 1. The lowest BCUT2D eigenvalue weighted by Gasteiger charge is -2.09. The largest absolute Gasteiger partial charge is 0.330 e. The molecule has 0 unspecified atom stereocenters. The van der Waals surface area contributed by atoms with Crippen LogP contribution in [0.5, 0.6) is 0 Å². The molecule has 25 heavy (non-hydrogen) atoms. The van der Waals surface area contributed by atoms with Crippen LogP contribution in [0.15, 0.2) is 29.1 Å². The van der Waals surface area contributed by atoms with Crippen molar-refractivity contribution in [2.75, 3.05) is 6.54 Å². The molecular weight excluding hydrogens is 316 g/mol. The van der Waals surface area contributed by atoms with Crippen molar-refractivity contribution in [3.05, 3.63) is 57.4 Å². The van der Waals surface area contributed by atoms with Crippen LogP contribution in [0.3, 0.4) is 0 Å². The summed E-state index contributed by atoms with van der Waals surface area (Å²) in [6.07, 6.45) is 1.00. The fourth-order valence-electron chi connectivity index (χ4n) is 3.48. The van der Waals surface area contributed by atoms with Gasteiger partial charge in [-0.1, -0.05) is 18.2 Å². The van der Waals surface area contributed by atoms with Crippen LogP contribution >= 0.6 is 0 Å². The molecule has 0 bridgehead atoms. The smallest absolute Gasteiger partial charge is 0.325 e. The number of nitrogens with zero attached hydrogens (tertiary/aromatic N) is 2. The van der Waals surface area contributed by atoms with Gasteiger partial charge in [-0.15, -0.1) is 0 Å². The van der Waals surface area contributed by atoms with Gasteiger partial charge >= 0.3 is 5.69 Å². The van der Waals surface area contributed by atoms with Crippen molar-refractivity contribution in [1.29, 1.82) is 0 Å². The van der Waals surface area contributed by atoms with Crippen LogP contribution < -0.4 is 11.4 Å². The van der Waals surface area contributed by atoms with Crippen molar-refractivity contribution in [2.45, 2.75) is 40.2 Å². The molecule has 0 fully saturated rings. The van der Waals surface area contributed by atoms with Gasteiger partial charge in [-0.3, -0.25) is 13.9 Å². The molecule has 3 aromatic rings.